The van der Waals surface area contributed by atoms with Gasteiger partial charge in [0.1, 0.15) is 11.6 Å². The van der Waals surface area contributed by atoms with E-state index in [0.717, 1.165) is 29.9 Å². The number of hydrogen-bond acceptors (Lipinski definition) is 5. The largest absolute Gasteiger partial charge is 0.358 e. The summed E-state index contributed by atoms with van der Waals surface area (Å²) < 4.78 is 28.9. The number of halogens is 2. The summed E-state index contributed by atoms with van der Waals surface area (Å²) in [5, 5.41) is 11.4. The summed E-state index contributed by atoms with van der Waals surface area (Å²) in [6.07, 6.45) is 1.89. The van der Waals surface area contributed by atoms with Gasteiger partial charge in [-0.1, -0.05) is 0 Å². The van der Waals surface area contributed by atoms with E-state index in [4.69, 9.17) is 0 Å². The predicted molar refractivity (Wildman–Crippen MR) is 80.6 cm³/mol. The molecule has 3 rings (SSSR count). The molecule has 0 atom stereocenters. The van der Waals surface area contributed by atoms with Gasteiger partial charge in [-0.05, 0) is 25.5 Å². The SMILES string of the molecule is Cc1nccn1CCCN(C)c1ccc2nnc(C(F)F)n2n1. The summed E-state index contributed by atoms with van der Waals surface area (Å²) in [7, 11) is 1.88. The summed E-state index contributed by atoms with van der Waals surface area (Å²) in [4.78, 5) is 6.09. The lowest BCUT2D eigenvalue weighted by Crippen LogP contribution is -2.22. The minimum absolute atomic E-state index is 0.312. The second kappa shape index (κ2) is 6.27. The van der Waals surface area contributed by atoms with Crippen molar-refractivity contribution in [1.82, 2.24) is 29.4 Å². The molecule has 0 aromatic carbocycles. The quantitative estimate of drug-likeness (QED) is 0.695. The van der Waals surface area contributed by atoms with Crippen molar-refractivity contribution in [3.8, 4) is 0 Å². The van der Waals surface area contributed by atoms with Gasteiger partial charge in [-0.15, -0.1) is 15.3 Å². The second-order valence-corrected chi connectivity index (χ2v) is 5.26. The van der Waals surface area contributed by atoms with E-state index in [0.29, 0.717) is 11.5 Å². The van der Waals surface area contributed by atoms with Crippen LogP contribution in [-0.4, -0.2) is 43.0 Å². The molecule has 0 unspecified atom stereocenters. The molecule has 0 amide bonds. The highest BCUT2D eigenvalue weighted by Gasteiger charge is 2.17. The molecule has 0 aliphatic carbocycles. The van der Waals surface area contributed by atoms with Crippen LogP contribution < -0.4 is 4.90 Å². The fraction of sp³-hybridized carbons (Fsp3) is 0.429. The lowest BCUT2D eigenvalue weighted by Gasteiger charge is -2.18. The van der Waals surface area contributed by atoms with E-state index in [1.165, 1.54) is 0 Å². The maximum atomic E-state index is 12.9. The van der Waals surface area contributed by atoms with Crippen LogP contribution in [0.4, 0.5) is 14.6 Å². The number of anilines is 1. The molecule has 0 radical (unpaired) electrons. The van der Waals surface area contributed by atoms with Gasteiger partial charge in [-0.3, -0.25) is 0 Å². The Bertz CT molecular complexity index is 795. The van der Waals surface area contributed by atoms with Crippen molar-refractivity contribution in [2.24, 2.45) is 0 Å². The molecule has 0 aliphatic heterocycles. The smallest absolute Gasteiger partial charge is 0.299 e. The van der Waals surface area contributed by atoms with Gasteiger partial charge in [0.25, 0.3) is 6.43 Å². The van der Waals surface area contributed by atoms with Gasteiger partial charge < -0.3 is 9.47 Å². The van der Waals surface area contributed by atoms with Gasteiger partial charge in [0.05, 0.1) is 0 Å². The Morgan fingerprint density at radius 1 is 1.26 bits per heavy atom. The Kier molecular flexibility index (Phi) is 4.18. The molecular weight excluding hydrogens is 304 g/mol. The molecule has 0 saturated heterocycles. The van der Waals surface area contributed by atoms with Crippen LogP contribution in [-0.2, 0) is 6.54 Å². The van der Waals surface area contributed by atoms with E-state index in [1.807, 2.05) is 25.1 Å². The van der Waals surface area contributed by atoms with Crippen LogP contribution in [0.2, 0.25) is 0 Å². The van der Waals surface area contributed by atoms with Crippen LogP contribution in [0.5, 0.6) is 0 Å². The Morgan fingerprint density at radius 3 is 2.78 bits per heavy atom. The second-order valence-electron chi connectivity index (χ2n) is 5.26. The van der Waals surface area contributed by atoms with Crippen molar-refractivity contribution in [3.63, 3.8) is 0 Å². The molecule has 0 saturated carbocycles. The number of hydrogen-bond donors (Lipinski definition) is 0. The molecule has 0 spiro atoms. The number of imidazole rings is 1. The zero-order valence-corrected chi connectivity index (χ0v) is 12.9. The third kappa shape index (κ3) is 3.13. The van der Waals surface area contributed by atoms with Crippen molar-refractivity contribution in [2.45, 2.75) is 26.3 Å². The van der Waals surface area contributed by atoms with Crippen LogP contribution in [0.25, 0.3) is 5.65 Å². The van der Waals surface area contributed by atoms with E-state index >= 15 is 0 Å². The first kappa shape index (κ1) is 15.3. The highest BCUT2D eigenvalue weighted by molar-refractivity contribution is 5.45. The molecule has 0 fully saturated rings. The molecule has 3 aromatic rings. The molecule has 0 N–H and O–H groups in total. The molecule has 9 heteroatoms. The zero-order chi connectivity index (χ0) is 16.4. The minimum Gasteiger partial charge on any atom is -0.358 e. The maximum Gasteiger partial charge on any atom is 0.299 e. The summed E-state index contributed by atoms with van der Waals surface area (Å²) >= 11 is 0. The summed E-state index contributed by atoms with van der Waals surface area (Å²) in [5.74, 6) is 1.13. The molecule has 0 bridgehead atoms. The number of aromatic nitrogens is 6. The van der Waals surface area contributed by atoms with E-state index < -0.39 is 12.2 Å². The van der Waals surface area contributed by atoms with Gasteiger partial charge >= 0.3 is 0 Å². The lowest BCUT2D eigenvalue weighted by molar-refractivity contribution is 0.137. The summed E-state index contributed by atoms with van der Waals surface area (Å²) in [6.45, 7) is 3.53. The van der Waals surface area contributed by atoms with Crippen molar-refractivity contribution in [2.75, 3.05) is 18.5 Å². The highest BCUT2D eigenvalue weighted by atomic mass is 19.3. The zero-order valence-electron chi connectivity index (χ0n) is 12.9. The highest BCUT2D eigenvalue weighted by Crippen LogP contribution is 2.18. The van der Waals surface area contributed by atoms with Crippen molar-refractivity contribution in [3.05, 3.63) is 36.2 Å². The monoisotopic (exact) mass is 321 g/mol. The van der Waals surface area contributed by atoms with Crippen LogP contribution in [0.1, 0.15) is 24.5 Å². The predicted octanol–water partition coefficient (Wildman–Crippen LogP) is 2.09. The van der Waals surface area contributed by atoms with Crippen molar-refractivity contribution >= 4 is 11.5 Å². The van der Waals surface area contributed by atoms with Gasteiger partial charge in [-0.2, -0.15) is 4.52 Å². The number of aryl methyl sites for hydroxylation is 2. The van der Waals surface area contributed by atoms with Crippen LogP contribution in [0.3, 0.4) is 0 Å². The average Bonchev–Trinajstić information content (AvgIpc) is 3.13. The lowest BCUT2D eigenvalue weighted by atomic mass is 10.3. The van der Waals surface area contributed by atoms with E-state index in [2.05, 4.69) is 24.8 Å². The van der Waals surface area contributed by atoms with Gasteiger partial charge in [0.2, 0.25) is 5.82 Å². The molecule has 23 heavy (non-hydrogen) atoms. The van der Waals surface area contributed by atoms with Crippen LogP contribution >= 0.6 is 0 Å². The third-order valence-electron chi connectivity index (χ3n) is 3.68. The van der Waals surface area contributed by atoms with E-state index in [9.17, 15) is 8.78 Å². The standard InChI is InChI=1S/C14H17F2N7/c1-10-17-6-9-22(10)8-3-7-21(2)12-5-4-11-18-19-14(13(15)16)23(11)20-12/h4-6,9,13H,3,7-8H2,1-2H3. The molecular formula is C14H17F2N7. The maximum absolute atomic E-state index is 12.9. The normalized spacial score (nSPS) is 11.5. The Labute approximate surface area is 131 Å². The first-order valence-corrected chi connectivity index (χ1v) is 7.25. The molecule has 3 aromatic heterocycles. The number of nitrogens with zero attached hydrogens (tertiary/aromatic N) is 7. The van der Waals surface area contributed by atoms with Gasteiger partial charge in [0.15, 0.2) is 5.65 Å². The fourth-order valence-corrected chi connectivity index (χ4v) is 2.37. The summed E-state index contributed by atoms with van der Waals surface area (Å²) in [5.41, 5.74) is 0.312. The topological polar surface area (TPSA) is 64.1 Å². The van der Waals surface area contributed by atoms with Crippen LogP contribution in [0.15, 0.2) is 24.5 Å². The Morgan fingerprint density at radius 2 is 2.09 bits per heavy atom. The number of rotatable bonds is 6. The van der Waals surface area contributed by atoms with E-state index in [1.54, 1.807) is 18.3 Å². The molecule has 0 aliphatic rings. The van der Waals surface area contributed by atoms with Gasteiger partial charge in [-0.25, -0.2) is 13.8 Å². The Hall–Kier alpha value is -2.58. The van der Waals surface area contributed by atoms with Crippen molar-refractivity contribution in [1.29, 1.82) is 0 Å². The fourth-order valence-electron chi connectivity index (χ4n) is 2.37. The number of fused-ring (bicyclic) bond motifs is 1. The van der Waals surface area contributed by atoms with Crippen LogP contribution in [0, 0.1) is 6.92 Å². The molecule has 3 heterocycles. The summed E-state index contributed by atoms with van der Waals surface area (Å²) in [6, 6.07) is 3.39. The molecule has 7 nitrogen and oxygen atoms in total. The number of alkyl halides is 2. The third-order valence-corrected chi connectivity index (χ3v) is 3.68. The van der Waals surface area contributed by atoms with Crippen molar-refractivity contribution < 1.29 is 8.78 Å². The van der Waals surface area contributed by atoms with Gasteiger partial charge in [0, 0.05) is 32.5 Å². The molecule has 122 valence electrons. The first-order chi connectivity index (χ1) is 11.1. The van der Waals surface area contributed by atoms with E-state index in [-0.39, 0.29) is 0 Å². The average molecular weight is 321 g/mol. The Balaban J connectivity index is 1.69. The first-order valence-electron chi connectivity index (χ1n) is 7.25. The minimum atomic E-state index is -2.71.